The van der Waals surface area contributed by atoms with Crippen molar-refractivity contribution < 1.29 is 8.42 Å². The minimum atomic E-state index is -3.41. The van der Waals surface area contributed by atoms with E-state index in [2.05, 4.69) is 34.5 Å². The summed E-state index contributed by atoms with van der Waals surface area (Å²) in [7, 11) is -3.41. The standard InChI is InChI=1S/C14H20BrNO2S/c1-14(2)8-4-6-12(10-14)16-19(17,18)13-7-3-5-11(15)9-13/h3,5,7,9,12,16H,4,6,8,10H2,1-2H3. The number of halogens is 1. The van der Waals surface area contributed by atoms with Crippen LogP contribution in [-0.2, 0) is 10.0 Å². The maximum Gasteiger partial charge on any atom is 0.240 e. The lowest BCUT2D eigenvalue weighted by molar-refractivity contribution is 0.212. The SMILES string of the molecule is CC1(C)CCCC(NS(=O)(=O)c2cccc(Br)c2)C1. The van der Waals surface area contributed by atoms with E-state index in [0.717, 1.165) is 23.7 Å². The monoisotopic (exact) mass is 345 g/mol. The molecule has 1 unspecified atom stereocenters. The first-order valence-electron chi connectivity index (χ1n) is 6.56. The molecule has 0 heterocycles. The normalized spacial score (nSPS) is 23.2. The van der Waals surface area contributed by atoms with Gasteiger partial charge in [-0.05, 0) is 42.9 Å². The molecule has 19 heavy (non-hydrogen) atoms. The van der Waals surface area contributed by atoms with Crippen molar-refractivity contribution in [2.45, 2.75) is 50.5 Å². The zero-order chi connectivity index (χ0) is 14.1. The summed E-state index contributed by atoms with van der Waals surface area (Å²) >= 11 is 3.31. The van der Waals surface area contributed by atoms with Crippen LogP contribution in [-0.4, -0.2) is 14.5 Å². The average Bonchev–Trinajstić information content (AvgIpc) is 2.27. The second-order valence-electron chi connectivity index (χ2n) is 6.04. The highest BCUT2D eigenvalue weighted by Gasteiger charge is 2.30. The summed E-state index contributed by atoms with van der Waals surface area (Å²) in [5.41, 5.74) is 0.225. The van der Waals surface area contributed by atoms with Gasteiger partial charge in [-0.3, -0.25) is 0 Å². The molecule has 0 aromatic heterocycles. The maximum atomic E-state index is 12.3. The smallest absolute Gasteiger partial charge is 0.208 e. The molecule has 1 N–H and O–H groups in total. The fourth-order valence-corrected chi connectivity index (χ4v) is 4.59. The molecule has 1 fully saturated rings. The van der Waals surface area contributed by atoms with Crippen LogP contribution in [0, 0.1) is 5.41 Å². The molecule has 0 amide bonds. The summed E-state index contributed by atoms with van der Waals surface area (Å²) in [4.78, 5) is 0.324. The predicted molar refractivity (Wildman–Crippen MR) is 80.5 cm³/mol. The van der Waals surface area contributed by atoms with Crippen LogP contribution in [0.3, 0.4) is 0 Å². The van der Waals surface area contributed by atoms with Crippen LogP contribution in [0.15, 0.2) is 33.6 Å². The van der Waals surface area contributed by atoms with E-state index in [1.165, 1.54) is 6.42 Å². The molecule has 0 radical (unpaired) electrons. The summed E-state index contributed by atoms with van der Waals surface area (Å²) in [6.45, 7) is 4.40. The molecule has 5 heteroatoms. The second-order valence-corrected chi connectivity index (χ2v) is 8.67. The number of hydrogen-bond donors (Lipinski definition) is 1. The predicted octanol–water partition coefficient (Wildman–Crippen LogP) is 3.70. The fraction of sp³-hybridized carbons (Fsp3) is 0.571. The highest BCUT2D eigenvalue weighted by molar-refractivity contribution is 9.10. The van der Waals surface area contributed by atoms with Crippen molar-refractivity contribution >= 4 is 26.0 Å². The second kappa shape index (κ2) is 5.54. The molecule has 1 aliphatic carbocycles. The lowest BCUT2D eigenvalue weighted by Crippen LogP contribution is -2.40. The minimum Gasteiger partial charge on any atom is -0.208 e. The third-order valence-corrected chi connectivity index (χ3v) is 5.64. The molecule has 0 spiro atoms. The van der Waals surface area contributed by atoms with Crippen LogP contribution in [0.1, 0.15) is 39.5 Å². The van der Waals surface area contributed by atoms with Crippen LogP contribution in [0.4, 0.5) is 0 Å². The van der Waals surface area contributed by atoms with Crippen molar-refractivity contribution in [1.29, 1.82) is 0 Å². The van der Waals surface area contributed by atoms with E-state index in [-0.39, 0.29) is 11.5 Å². The molecule has 1 saturated carbocycles. The quantitative estimate of drug-likeness (QED) is 0.907. The van der Waals surface area contributed by atoms with E-state index in [0.29, 0.717) is 4.90 Å². The third kappa shape index (κ3) is 4.04. The highest BCUT2D eigenvalue weighted by atomic mass is 79.9. The first-order valence-corrected chi connectivity index (χ1v) is 8.84. The Morgan fingerprint density at radius 2 is 2.11 bits per heavy atom. The number of benzene rings is 1. The topological polar surface area (TPSA) is 46.2 Å². The average molecular weight is 346 g/mol. The van der Waals surface area contributed by atoms with E-state index < -0.39 is 10.0 Å². The van der Waals surface area contributed by atoms with Crippen LogP contribution < -0.4 is 4.72 Å². The van der Waals surface area contributed by atoms with Gasteiger partial charge in [0.25, 0.3) is 0 Å². The van der Waals surface area contributed by atoms with Gasteiger partial charge in [-0.1, -0.05) is 42.3 Å². The van der Waals surface area contributed by atoms with Crippen molar-refractivity contribution in [3.05, 3.63) is 28.7 Å². The lowest BCUT2D eigenvalue weighted by Gasteiger charge is -2.35. The Hall–Kier alpha value is -0.390. The van der Waals surface area contributed by atoms with Gasteiger partial charge in [0, 0.05) is 10.5 Å². The Morgan fingerprint density at radius 1 is 1.37 bits per heavy atom. The molecular formula is C14H20BrNO2S. The number of nitrogens with one attached hydrogen (secondary N) is 1. The first kappa shape index (κ1) is 15.0. The van der Waals surface area contributed by atoms with Crippen LogP contribution in [0.5, 0.6) is 0 Å². The van der Waals surface area contributed by atoms with Gasteiger partial charge >= 0.3 is 0 Å². The van der Waals surface area contributed by atoms with E-state index in [1.807, 2.05) is 6.07 Å². The number of rotatable bonds is 3. The summed E-state index contributed by atoms with van der Waals surface area (Å²) in [6, 6.07) is 6.87. The van der Waals surface area contributed by atoms with Crippen molar-refractivity contribution in [3.8, 4) is 0 Å². The highest BCUT2D eigenvalue weighted by Crippen LogP contribution is 2.35. The van der Waals surface area contributed by atoms with Gasteiger partial charge in [0.2, 0.25) is 10.0 Å². The Morgan fingerprint density at radius 3 is 2.74 bits per heavy atom. The van der Waals surface area contributed by atoms with Gasteiger partial charge in [0.1, 0.15) is 0 Å². The first-order chi connectivity index (χ1) is 8.78. The van der Waals surface area contributed by atoms with Crippen LogP contribution in [0.2, 0.25) is 0 Å². The Balaban J connectivity index is 2.13. The number of hydrogen-bond acceptors (Lipinski definition) is 2. The van der Waals surface area contributed by atoms with E-state index in [4.69, 9.17) is 0 Å². The van der Waals surface area contributed by atoms with E-state index in [1.54, 1.807) is 18.2 Å². The zero-order valence-electron chi connectivity index (χ0n) is 11.3. The van der Waals surface area contributed by atoms with E-state index >= 15 is 0 Å². The van der Waals surface area contributed by atoms with E-state index in [9.17, 15) is 8.42 Å². The third-order valence-electron chi connectivity index (χ3n) is 3.63. The molecule has 1 aromatic carbocycles. The van der Waals surface area contributed by atoms with Gasteiger partial charge in [0.05, 0.1) is 4.90 Å². The van der Waals surface area contributed by atoms with Crippen molar-refractivity contribution in [1.82, 2.24) is 4.72 Å². The Kier molecular flexibility index (Phi) is 4.38. The van der Waals surface area contributed by atoms with Gasteiger partial charge in [-0.15, -0.1) is 0 Å². The minimum absolute atomic E-state index is 0.0488. The van der Waals surface area contributed by atoms with Crippen molar-refractivity contribution in [3.63, 3.8) is 0 Å². The number of sulfonamides is 1. The van der Waals surface area contributed by atoms with Crippen LogP contribution >= 0.6 is 15.9 Å². The summed E-state index contributed by atoms with van der Waals surface area (Å²) in [5, 5.41) is 0. The van der Waals surface area contributed by atoms with Gasteiger partial charge in [-0.2, -0.15) is 0 Å². The molecular weight excluding hydrogens is 326 g/mol. The molecule has 2 rings (SSSR count). The van der Waals surface area contributed by atoms with Crippen molar-refractivity contribution in [2.75, 3.05) is 0 Å². The largest absolute Gasteiger partial charge is 0.240 e. The summed E-state index contributed by atoms with van der Waals surface area (Å²) in [5.74, 6) is 0. The molecule has 3 nitrogen and oxygen atoms in total. The fourth-order valence-electron chi connectivity index (χ4n) is 2.72. The molecule has 0 saturated heterocycles. The zero-order valence-corrected chi connectivity index (χ0v) is 13.7. The lowest BCUT2D eigenvalue weighted by atomic mass is 9.75. The van der Waals surface area contributed by atoms with Crippen LogP contribution in [0.25, 0.3) is 0 Å². The molecule has 0 bridgehead atoms. The molecule has 1 aliphatic rings. The van der Waals surface area contributed by atoms with Gasteiger partial charge < -0.3 is 0 Å². The van der Waals surface area contributed by atoms with Crippen molar-refractivity contribution in [2.24, 2.45) is 5.41 Å². The molecule has 0 aliphatic heterocycles. The van der Waals surface area contributed by atoms with Gasteiger partial charge in [-0.25, -0.2) is 13.1 Å². The molecule has 106 valence electrons. The Bertz CT molecular complexity index is 554. The summed E-state index contributed by atoms with van der Waals surface area (Å²) in [6.07, 6.45) is 4.08. The van der Waals surface area contributed by atoms with Gasteiger partial charge in [0.15, 0.2) is 0 Å². The molecule has 1 aromatic rings. The maximum absolute atomic E-state index is 12.3. The Labute approximate surface area is 124 Å². The molecule has 1 atom stereocenters. The summed E-state index contributed by atoms with van der Waals surface area (Å²) < 4.78 is 28.3.